The summed E-state index contributed by atoms with van der Waals surface area (Å²) in [5.41, 5.74) is 1.01. The highest BCUT2D eigenvalue weighted by molar-refractivity contribution is 9.10. The first-order chi connectivity index (χ1) is 9.60. The Bertz CT molecular complexity index is 625. The lowest BCUT2D eigenvalue weighted by molar-refractivity contribution is 0.0696. The normalized spacial score (nSPS) is 10.3. The van der Waals surface area contributed by atoms with Gasteiger partial charge in [0.15, 0.2) is 0 Å². The molecule has 20 heavy (non-hydrogen) atoms. The molecule has 0 radical (unpaired) electrons. The predicted molar refractivity (Wildman–Crippen MR) is 78.4 cm³/mol. The molecule has 2 rings (SSSR count). The number of hydrogen-bond acceptors (Lipinski definition) is 3. The molecular weight excluding hydrogens is 324 g/mol. The second kappa shape index (κ2) is 6.54. The fourth-order valence-corrected chi connectivity index (χ4v) is 2.27. The molecule has 0 heterocycles. The molecule has 0 amide bonds. The van der Waals surface area contributed by atoms with E-state index in [-0.39, 0.29) is 12.2 Å². The van der Waals surface area contributed by atoms with Gasteiger partial charge in [-0.05, 0) is 36.2 Å². The maximum atomic E-state index is 11.0. The highest BCUT2D eigenvalue weighted by Gasteiger charge is 2.09. The highest BCUT2D eigenvalue weighted by Crippen LogP contribution is 2.29. The van der Waals surface area contributed by atoms with Crippen molar-refractivity contribution >= 4 is 21.9 Å². The summed E-state index contributed by atoms with van der Waals surface area (Å²) in [7, 11) is 0. The minimum atomic E-state index is -1.01. The number of carboxylic acid groups (broad SMARTS) is 1. The monoisotopic (exact) mass is 336 g/mol. The number of halogens is 1. The third-order valence-corrected chi connectivity index (χ3v) is 3.16. The van der Waals surface area contributed by atoms with Gasteiger partial charge in [-0.15, -0.1) is 0 Å². The molecule has 0 aliphatic heterocycles. The lowest BCUT2D eigenvalue weighted by Gasteiger charge is -2.11. The molecule has 0 aliphatic carbocycles. The summed E-state index contributed by atoms with van der Waals surface area (Å²) in [5, 5.41) is 18.1. The van der Waals surface area contributed by atoms with E-state index in [1.807, 2.05) is 18.2 Å². The third-order valence-electron chi connectivity index (χ3n) is 2.70. The van der Waals surface area contributed by atoms with Crippen LogP contribution in [0.3, 0.4) is 0 Å². The molecule has 0 aliphatic rings. The fraction of sp³-hybridized carbons (Fsp3) is 0.133. The molecule has 4 nitrogen and oxygen atoms in total. The Morgan fingerprint density at radius 2 is 1.95 bits per heavy atom. The summed E-state index contributed by atoms with van der Waals surface area (Å²) in [6.07, 6.45) is 0.482. The van der Waals surface area contributed by atoms with Crippen molar-refractivity contribution in [1.82, 2.24) is 0 Å². The second-order valence-electron chi connectivity index (χ2n) is 4.16. The van der Waals surface area contributed by atoms with E-state index in [4.69, 9.17) is 14.9 Å². The number of aromatic carboxylic acids is 1. The van der Waals surface area contributed by atoms with Crippen LogP contribution in [0, 0.1) is 0 Å². The van der Waals surface area contributed by atoms with Crippen LogP contribution in [0.15, 0.2) is 46.9 Å². The number of carbonyl (C=O) groups is 1. The molecule has 0 unspecified atom stereocenters. The van der Waals surface area contributed by atoms with E-state index in [1.54, 1.807) is 12.1 Å². The van der Waals surface area contributed by atoms with Gasteiger partial charge < -0.3 is 14.9 Å². The quantitative estimate of drug-likeness (QED) is 0.877. The Morgan fingerprint density at radius 3 is 2.65 bits per heavy atom. The number of aliphatic hydroxyl groups is 1. The summed E-state index contributed by atoms with van der Waals surface area (Å²) in [6, 6.07) is 12.0. The molecule has 0 spiro atoms. The average Bonchev–Trinajstić information content (AvgIpc) is 2.40. The zero-order valence-electron chi connectivity index (χ0n) is 10.5. The van der Waals surface area contributed by atoms with Crippen LogP contribution in [0.5, 0.6) is 11.5 Å². The topological polar surface area (TPSA) is 66.8 Å². The third kappa shape index (κ3) is 3.59. The Labute approximate surface area is 124 Å². The van der Waals surface area contributed by atoms with Crippen molar-refractivity contribution in [2.45, 2.75) is 6.42 Å². The maximum absolute atomic E-state index is 11.0. The maximum Gasteiger partial charge on any atom is 0.335 e. The Hall–Kier alpha value is -1.85. The first-order valence-electron chi connectivity index (χ1n) is 6.00. The number of aliphatic hydroxyl groups excluding tert-OH is 1. The summed E-state index contributed by atoms with van der Waals surface area (Å²) in [4.78, 5) is 11.0. The highest BCUT2D eigenvalue weighted by atomic mass is 79.9. The van der Waals surface area contributed by atoms with E-state index >= 15 is 0 Å². The first kappa shape index (κ1) is 14.6. The molecular formula is C15H13BrO4. The number of rotatable bonds is 5. The Morgan fingerprint density at radius 1 is 1.20 bits per heavy atom. The molecule has 2 aromatic carbocycles. The van der Waals surface area contributed by atoms with Gasteiger partial charge in [0.2, 0.25) is 0 Å². The van der Waals surface area contributed by atoms with Crippen molar-refractivity contribution in [2.24, 2.45) is 0 Å². The zero-order chi connectivity index (χ0) is 14.5. The van der Waals surface area contributed by atoms with Crippen LogP contribution in [0.25, 0.3) is 0 Å². The molecule has 104 valence electrons. The van der Waals surface area contributed by atoms with Gasteiger partial charge in [-0.3, -0.25) is 0 Å². The molecule has 0 bridgehead atoms. The second-order valence-corrected chi connectivity index (χ2v) is 5.08. The molecule has 0 saturated carbocycles. The molecule has 0 fully saturated rings. The van der Waals surface area contributed by atoms with Gasteiger partial charge in [-0.25, -0.2) is 4.79 Å². The zero-order valence-corrected chi connectivity index (χ0v) is 12.1. The van der Waals surface area contributed by atoms with Crippen LogP contribution in [0.4, 0.5) is 0 Å². The number of carboxylic acids is 1. The fourth-order valence-electron chi connectivity index (χ4n) is 1.80. The Kier molecular flexibility index (Phi) is 4.76. The summed E-state index contributed by atoms with van der Waals surface area (Å²) in [6.45, 7) is 0.0270. The van der Waals surface area contributed by atoms with E-state index in [2.05, 4.69) is 15.9 Å². The van der Waals surface area contributed by atoms with Crippen LogP contribution in [-0.2, 0) is 6.42 Å². The van der Waals surface area contributed by atoms with Crippen molar-refractivity contribution in [3.63, 3.8) is 0 Å². The van der Waals surface area contributed by atoms with Crippen molar-refractivity contribution < 1.29 is 19.7 Å². The summed E-state index contributed by atoms with van der Waals surface area (Å²) < 4.78 is 6.36. The number of benzene rings is 2. The van der Waals surface area contributed by atoms with Crippen molar-refractivity contribution in [1.29, 1.82) is 0 Å². The molecule has 2 aromatic rings. The molecule has 5 heteroatoms. The van der Waals surface area contributed by atoms with Crippen molar-refractivity contribution in [3.8, 4) is 11.5 Å². The van der Waals surface area contributed by atoms with Crippen LogP contribution in [0.2, 0.25) is 0 Å². The number of hydrogen-bond donors (Lipinski definition) is 2. The minimum absolute atomic E-state index is 0.0270. The Balaban J connectivity index is 2.32. The van der Waals surface area contributed by atoms with Gasteiger partial charge in [0, 0.05) is 11.1 Å². The van der Waals surface area contributed by atoms with E-state index in [1.165, 1.54) is 12.1 Å². The van der Waals surface area contributed by atoms with Gasteiger partial charge in [0.25, 0.3) is 0 Å². The standard InChI is InChI=1S/C15H13BrO4/c16-12-7-11(15(18)19)8-13(9-12)20-14-4-2-1-3-10(14)5-6-17/h1-4,7-9,17H,5-6H2,(H,18,19). The first-order valence-corrected chi connectivity index (χ1v) is 6.80. The predicted octanol–water partition coefficient (Wildman–Crippen LogP) is 3.47. The van der Waals surface area contributed by atoms with Gasteiger partial charge in [-0.1, -0.05) is 34.1 Å². The lowest BCUT2D eigenvalue weighted by Crippen LogP contribution is -1.98. The smallest absolute Gasteiger partial charge is 0.335 e. The summed E-state index contributed by atoms with van der Waals surface area (Å²) in [5.74, 6) is 0.0259. The van der Waals surface area contributed by atoms with Gasteiger partial charge >= 0.3 is 5.97 Å². The van der Waals surface area contributed by atoms with Crippen molar-refractivity contribution in [3.05, 3.63) is 58.1 Å². The molecule has 2 N–H and O–H groups in total. The van der Waals surface area contributed by atoms with Gasteiger partial charge in [0.05, 0.1) is 5.56 Å². The van der Waals surface area contributed by atoms with Crippen LogP contribution in [-0.4, -0.2) is 22.8 Å². The van der Waals surface area contributed by atoms with Crippen LogP contribution in [0.1, 0.15) is 15.9 Å². The van der Waals surface area contributed by atoms with Crippen LogP contribution < -0.4 is 4.74 Å². The lowest BCUT2D eigenvalue weighted by atomic mass is 10.1. The number of ether oxygens (including phenoxy) is 1. The molecule has 0 aromatic heterocycles. The average molecular weight is 337 g/mol. The van der Waals surface area contributed by atoms with E-state index in [0.717, 1.165) is 5.56 Å². The van der Waals surface area contributed by atoms with Crippen molar-refractivity contribution in [2.75, 3.05) is 6.61 Å². The molecule has 0 atom stereocenters. The summed E-state index contributed by atoms with van der Waals surface area (Å²) >= 11 is 3.26. The van der Waals surface area contributed by atoms with E-state index in [9.17, 15) is 4.79 Å². The van der Waals surface area contributed by atoms with Crippen LogP contribution >= 0.6 is 15.9 Å². The number of para-hydroxylation sites is 1. The van der Waals surface area contributed by atoms with Gasteiger partial charge in [0.1, 0.15) is 11.5 Å². The largest absolute Gasteiger partial charge is 0.478 e. The van der Waals surface area contributed by atoms with E-state index in [0.29, 0.717) is 22.4 Å². The minimum Gasteiger partial charge on any atom is -0.478 e. The molecule has 0 saturated heterocycles. The van der Waals surface area contributed by atoms with E-state index < -0.39 is 5.97 Å². The SMILES string of the molecule is O=C(O)c1cc(Br)cc(Oc2ccccc2CCO)c1. The van der Waals surface area contributed by atoms with Gasteiger partial charge in [-0.2, -0.15) is 0 Å².